The second kappa shape index (κ2) is 14.3. The van der Waals surface area contributed by atoms with E-state index in [0.717, 1.165) is 62.6 Å². The Hall–Kier alpha value is -7.43. The van der Waals surface area contributed by atoms with E-state index in [-0.39, 0.29) is 5.92 Å². The second-order valence-corrected chi connectivity index (χ2v) is 15.0. The van der Waals surface area contributed by atoms with E-state index in [1.54, 1.807) is 0 Å². The van der Waals surface area contributed by atoms with Crippen LogP contribution in [0.5, 0.6) is 0 Å². The fraction of sp³-hybridized carbons (Fsp3) is 0.0556. The van der Waals surface area contributed by atoms with E-state index in [2.05, 4.69) is 158 Å². The molecule has 10 aromatic rings. The van der Waals surface area contributed by atoms with Crippen molar-refractivity contribution in [1.82, 2.24) is 15.0 Å². The molecule has 1 atom stereocenters. The van der Waals surface area contributed by atoms with Gasteiger partial charge in [-0.15, -0.1) is 0 Å². The summed E-state index contributed by atoms with van der Waals surface area (Å²) in [5.74, 6) is 1.97. The zero-order valence-electron chi connectivity index (χ0n) is 31.7. The zero-order valence-corrected chi connectivity index (χ0v) is 31.7. The van der Waals surface area contributed by atoms with Gasteiger partial charge in [0.25, 0.3) is 0 Å². The van der Waals surface area contributed by atoms with Crippen LogP contribution in [0.4, 0.5) is 0 Å². The number of fused-ring (bicyclic) bond motifs is 6. The molecule has 4 nitrogen and oxygen atoms in total. The first-order valence-corrected chi connectivity index (χ1v) is 19.9. The molecule has 1 unspecified atom stereocenters. The molecular weight excluding hydrogens is 707 g/mol. The van der Waals surface area contributed by atoms with Gasteiger partial charge in [-0.1, -0.05) is 176 Å². The Morgan fingerprint density at radius 1 is 0.362 bits per heavy atom. The Kier molecular flexibility index (Phi) is 8.32. The summed E-state index contributed by atoms with van der Waals surface area (Å²) in [5.41, 5.74) is 15.7. The lowest BCUT2D eigenvalue weighted by atomic mass is 9.82. The van der Waals surface area contributed by atoms with E-state index < -0.39 is 0 Å². The van der Waals surface area contributed by atoms with Crippen LogP contribution in [0.15, 0.2) is 199 Å². The molecule has 4 heteroatoms. The maximum Gasteiger partial charge on any atom is 0.164 e. The average Bonchev–Trinajstić information content (AvgIpc) is 3.60. The predicted molar refractivity (Wildman–Crippen MR) is 236 cm³/mol. The van der Waals surface area contributed by atoms with Crippen molar-refractivity contribution in [2.45, 2.75) is 18.8 Å². The summed E-state index contributed by atoms with van der Waals surface area (Å²) in [6, 6.07) is 68.5. The van der Waals surface area contributed by atoms with Gasteiger partial charge in [-0.25, -0.2) is 15.0 Å². The van der Waals surface area contributed by atoms with Gasteiger partial charge in [0.2, 0.25) is 0 Å². The minimum atomic E-state index is 0.0987. The Morgan fingerprint density at radius 2 is 0.897 bits per heavy atom. The van der Waals surface area contributed by atoms with Crippen LogP contribution >= 0.6 is 0 Å². The van der Waals surface area contributed by atoms with Gasteiger partial charge in [-0.3, -0.25) is 0 Å². The molecule has 0 saturated heterocycles. The Balaban J connectivity index is 1.17. The summed E-state index contributed by atoms with van der Waals surface area (Å²) in [5, 5.41) is 2.12. The number of aryl methyl sites for hydroxylation is 1. The number of furan rings is 1. The smallest absolute Gasteiger partial charge is 0.164 e. The summed E-state index contributed by atoms with van der Waals surface area (Å²) < 4.78 is 6.94. The third-order valence-corrected chi connectivity index (χ3v) is 11.6. The van der Waals surface area contributed by atoms with Crippen LogP contribution in [0, 0.1) is 0 Å². The fourth-order valence-electron chi connectivity index (χ4n) is 8.85. The highest BCUT2D eigenvalue weighted by atomic mass is 16.3. The van der Waals surface area contributed by atoms with E-state index in [9.17, 15) is 0 Å². The lowest BCUT2D eigenvalue weighted by Gasteiger charge is -2.21. The maximum atomic E-state index is 6.94. The van der Waals surface area contributed by atoms with Crippen molar-refractivity contribution >= 4 is 21.9 Å². The van der Waals surface area contributed by atoms with Crippen molar-refractivity contribution in [3.05, 3.63) is 211 Å². The summed E-state index contributed by atoms with van der Waals surface area (Å²) in [4.78, 5) is 15.4. The first kappa shape index (κ1) is 33.9. The van der Waals surface area contributed by atoms with Gasteiger partial charge in [-0.2, -0.15) is 0 Å². The van der Waals surface area contributed by atoms with Crippen LogP contribution in [0.3, 0.4) is 0 Å². The Bertz CT molecular complexity index is 3040. The lowest BCUT2D eigenvalue weighted by molar-refractivity contribution is 0.667. The molecule has 274 valence electrons. The van der Waals surface area contributed by atoms with Gasteiger partial charge in [-0.05, 0) is 81.1 Å². The number of benzene rings is 8. The molecule has 11 rings (SSSR count). The summed E-state index contributed by atoms with van der Waals surface area (Å²) >= 11 is 0. The molecule has 0 fully saturated rings. The molecule has 2 aromatic heterocycles. The second-order valence-electron chi connectivity index (χ2n) is 15.0. The van der Waals surface area contributed by atoms with E-state index in [1.165, 1.54) is 38.9 Å². The van der Waals surface area contributed by atoms with Crippen LogP contribution in [-0.2, 0) is 6.42 Å². The molecule has 1 aliphatic rings. The molecule has 0 amide bonds. The van der Waals surface area contributed by atoms with Gasteiger partial charge in [0, 0.05) is 33.4 Å². The van der Waals surface area contributed by atoms with Crippen LogP contribution in [0.2, 0.25) is 0 Å². The molecule has 58 heavy (non-hydrogen) atoms. The molecular formula is C54H37N3O. The Labute approximate surface area is 337 Å². The standard InChI is InChI=1S/C54H37N3O/c1-4-15-35(16-5-1)36-27-29-37(30-28-36)41-33-47(45-32-31-38-17-10-11-22-42(38)43-23-12-13-24-44(43)45)51-49(34-41)58-48-26-14-25-46(50(48)51)54-56-52(39-18-6-2-7-19-39)55-53(57-54)40-20-8-3-9-21-40/h1-30,33-34,45H,31-32H2. The fourth-order valence-corrected chi connectivity index (χ4v) is 8.85. The zero-order chi connectivity index (χ0) is 38.4. The highest BCUT2D eigenvalue weighted by Crippen LogP contribution is 2.48. The third kappa shape index (κ3) is 5.98. The number of nitrogens with zero attached hydrogens (tertiary/aromatic N) is 3. The molecule has 0 aliphatic heterocycles. The number of rotatable bonds is 6. The van der Waals surface area contributed by atoms with Crippen molar-refractivity contribution in [2.75, 3.05) is 0 Å². The lowest BCUT2D eigenvalue weighted by Crippen LogP contribution is -2.04. The van der Waals surface area contributed by atoms with Crippen LogP contribution in [-0.4, -0.2) is 15.0 Å². The first-order chi connectivity index (χ1) is 28.7. The highest BCUT2D eigenvalue weighted by Gasteiger charge is 2.28. The summed E-state index contributed by atoms with van der Waals surface area (Å²) in [6.07, 6.45) is 1.92. The Morgan fingerprint density at radius 3 is 1.59 bits per heavy atom. The molecule has 0 spiro atoms. The minimum absolute atomic E-state index is 0.0987. The minimum Gasteiger partial charge on any atom is -0.456 e. The highest BCUT2D eigenvalue weighted by molar-refractivity contribution is 6.14. The molecule has 0 bridgehead atoms. The van der Waals surface area contributed by atoms with E-state index in [4.69, 9.17) is 19.4 Å². The van der Waals surface area contributed by atoms with Crippen molar-refractivity contribution in [3.8, 4) is 67.5 Å². The molecule has 1 aliphatic carbocycles. The van der Waals surface area contributed by atoms with Crippen LogP contribution in [0.25, 0.3) is 89.5 Å². The summed E-state index contributed by atoms with van der Waals surface area (Å²) in [6.45, 7) is 0. The number of hydrogen-bond acceptors (Lipinski definition) is 4. The maximum absolute atomic E-state index is 6.94. The number of aromatic nitrogens is 3. The van der Waals surface area contributed by atoms with Crippen molar-refractivity contribution in [2.24, 2.45) is 0 Å². The molecule has 0 N–H and O–H groups in total. The van der Waals surface area contributed by atoms with Crippen molar-refractivity contribution < 1.29 is 4.42 Å². The first-order valence-electron chi connectivity index (χ1n) is 19.9. The van der Waals surface area contributed by atoms with E-state index >= 15 is 0 Å². The van der Waals surface area contributed by atoms with Crippen molar-refractivity contribution in [3.63, 3.8) is 0 Å². The molecule has 0 saturated carbocycles. The van der Waals surface area contributed by atoms with E-state index in [1.807, 2.05) is 36.4 Å². The van der Waals surface area contributed by atoms with Gasteiger partial charge < -0.3 is 4.42 Å². The normalized spacial score (nSPS) is 13.6. The largest absolute Gasteiger partial charge is 0.456 e. The SMILES string of the molecule is c1ccc(-c2ccc(-c3cc(C4CCc5ccccc5-c5ccccc54)c4c(c3)oc3cccc(-c5nc(-c6ccccc6)nc(-c6ccccc6)n5)c34)cc2)cc1. The summed E-state index contributed by atoms with van der Waals surface area (Å²) in [7, 11) is 0. The van der Waals surface area contributed by atoms with Crippen molar-refractivity contribution in [1.29, 1.82) is 0 Å². The van der Waals surface area contributed by atoms with Crippen LogP contribution < -0.4 is 0 Å². The number of hydrogen-bond donors (Lipinski definition) is 0. The van der Waals surface area contributed by atoms with Gasteiger partial charge in [0.1, 0.15) is 11.2 Å². The quantitative estimate of drug-likeness (QED) is 0.170. The molecule has 2 heterocycles. The van der Waals surface area contributed by atoms with E-state index in [0.29, 0.717) is 17.5 Å². The van der Waals surface area contributed by atoms with Gasteiger partial charge >= 0.3 is 0 Å². The predicted octanol–water partition coefficient (Wildman–Crippen LogP) is 13.9. The third-order valence-electron chi connectivity index (χ3n) is 11.6. The average molecular weight is 744 g/mol. The molecule has 0 radical (unpaired) electrons. The monoisotopic (exact) mass is 743 g/mol. The topological polar surface area (TPSA) is 51.8 Å². The molecule has 8 aromatic carbocycles. The van der Waals surface area contributed by atoms with Crippen LogP contribution in [0.1, 0.15) is 29.0 Å². The van der Waals surface area contributed by atoms with Gasteiger partial charge in [0.15, 0.2) is 17.5 Å². The van der Waals surface area contributed by atoms with Gasteiger partial charge in [0.05, 0.1) is 0 Å².